The molecule has 2 aromatic carbocycles. The molecule has 140 valence electrons. The van der Waals surface area contributed by atoms with Gasteiger partial charge in [0.1, 0.15) is 11.6 Å². The van der Waals surface area contributed by atoms with Gasteiger partial charge in [-0.1, -0.05) is 47.5 Å². The highest BCUT2D eigenvalue weighted by atomic mass is 35.5. The molecule has 0 saturated heterocycles. The molecule has 5 nitrogen and oxygen atoms in total. The molecular formula is C21H16Cl2N4O. The summed E-state index contributed by atoms with van der Waals surface area (Å²) in [6, 6.07) is 15.2. The molecule has 0 amide bonds. The summed E-state index contributed by atoms with van der Waals surface area (Å²) < 4.78 is 7.58. The molecule has 1 aromatic heterocycles. The second kappa shape index (κ2) is 6.90. The van der Waals surface area contributed by atoms with Gasteiger partial charge in [0.2, 0.25) is 11.8 Å². The van der Waals surface area contributed by atoms with Crippen molar-refractivity contribution in [3.63, 3.8) is 0 Å². The van der Waals surface area contributed by atoms with E-state index in [0.717, 1.165) is 16.8 Å². The normalized spacial score (nSPS) is 15.8. The number of ether oxygens (including phenoxy) is 1. The molecule has 0 bridgehead atoms. The van der Waals surface area contributed by atoms with E-state index in [9.17, 15) is 5.26 Å². The molecule has 0 fully saturated rings. The van der Waals surface area contributed by atoms with Crippen molar-refractivity contribution >= 4 is 23.2 Å². The van der Waals surface area contributed by atoms with Gasteiger partial charge in [-0.05, 0) is 37.6 Å². The van der Waals surface area contributed by atoms with Crippen molar-refractivity contribution in [3.05, 3.63) is 86.4 Å². The Hall–Kier alpha value is -2.94. The van der Waals surface area contributed by atoms with Crippen LogP contribution in [0.2, 0.25) is 10.0 Å². The maximum atomic E-state index is 9.78. The molecule has 3 aromatic rings. The van der Waals surface area contributed by atoms with Gasteiger partial charge in [0.25, 0.3) is 0 Å². The van der Waals surface area contributed by atoms with Crippen LogP contribution in [0.5, 0.6) is 5.88 Å². The number of hydrogen-bond donors (Lipinski definition) is 1. The average Bonchev–Trinajstić information content (AvgIpc) is 2.97. The molecule has 0 aliphatic carbocycles. The smallest absolute Gasteiger partial charge is 0.229 e. The second-order valence-electron chi connectivity index (χ2n) is 6.56. The largest absolute Gasteiger partial charge is 0.422 e. The lowest BCUT2D eigenvalue weighted by molar-refractivity contribution is 0.367. The van der Waals surface area contributed by atoms with Crippen LogP contribution in [0.1, 0.15) is 28.3 Å². The van der Waals surface area contributed by atoms with Gasteiger partial charge in [-0.15, -0.1) is 0 Å². The van der Waals surface area contributed by atoms with Crippen molar-refractivity contribution in [1.82, 2.24) is 9.78 Å². The van der Waals surface area contributed by atoms with Crippen molar-refractivity contribution in [2.75, 3.05) is 0 Å². The lowest BCUT2D eigenvalue weighted by Crippen LogP contribution is -2.22. The Bertz CT molecular complexity index is 1150. The lowest BCUT2D eigenvalue weighted by atomic mass is 9.84. The SMILES string of the molecule is Cc1ccccc1-n1nc(C)c2c1OC(N)=C(C#N)[C@@H]2c1c(Cl)cccc1Cl. The molecular weight excluding hydrogens is 395 g/mol. The summed E-state index contributed by atoms with van der Waals surface area (Å²) in [4.78, 5) is 0. The Morgan fingerprint density at radius 3 is 2.39 bits per heavy atom. The number of fused-ring (bicyclic) bond motifs is 1. The van der Waals surface area contributed by atoms with Crippen molar-refractivity contribution in [2.45, 2.75) is 19.8 Å². The van der Waals surface area contributed by atoms with E-state index < -0.39 is 5.92 Å². The van der Waals surface area contributed by atoms with Crippen LogP contribution in [-0.4, -0.2) is 9.78 Å². The molecule has 7 heteroatoms. The van der Waals surface area contributed by atoms with Gasteiger partial charge in [0, 0.05) is 15.6 Å². The molecule has 4 rings (SSSR count). The number of nitrogens with two attached hydrogens (primary N) is 1. The summed E-state index contributed by atoms with van der Waals surface area (Å²) in [7, 11) is 0. The lowest BCUT2D eigenvalue weighted by Gasteiger charge is -2.26. The standard InChI is InChI=1S/C21H16Cl2N4O/c1-11-6-3-4-9-16(11)27-21-17(12(2)26-27)18(13(10-24)20(25)28-21)19-14(22)7-5-8-15(19)23/h3-9,18H,25H2,1-2H3/t18-/m0/s1. The minimum absolute atomic E-state index is 0.0192. The molecule has 0 radical (unpaired) electrons. The predicted molar refractivity (Wildman–Crippen MR) is 109 cm³/mol. The van der Waals surface area contributed by atoms with Gasteiger partial charge >= 0.3 is 0 Å². The molecule has 2 heterocycles. The maximum Gasteiger partial charge on any atom is 0.229 e. The Kier molecular flexibility index (Phi) is 4.54. The third kappa shape index (κ3) is 2.73. The fourth-order valence-electron chi connectivity index (χ4n) is 3.55. The Labute approximate surface area is 172 Å². The van der Waals surface area contributed by atoms with E-state index in [1.54, 1.807) is 22.9 Å². The average molecular weight is 411 g/mol. The first-order valence-electron chi connectivity index (χ1n) is 8.61. The summed E-state index contributed by atoms with van der Waals surface area (Å²) >= 11 is 13.0. The van der Waals surface area contributed by atoms with Crippen LogP contribution in [0, 0.1) is 25.2 Å². The Morgan fingerprint density at radius 2 is 1.75 bits per heavy atom. The zero-order valence-corrected chi connectivity index (χ0v) is 16.7. The highest BCUT2D eigenvalue weighted by Crippen LogP contribution is 2.48. The number of hydrogen-bond acceptors (Lipinski definition) is 4. The highest BCUT2D eigenvalue weighted by molar-refractivity contribution is 6.36. The zero-order valence-electron chi connectivity index (χ0n) is 15.2. The Morgan fingerprint density at radius 1 is 1.07 bits per heavy atom. The number of aryl methyl sites for hydroxylation is 2. The predicted octanol–water partition coefficient (Wildman–Crippen LogP) is 5.01. The highest BCUT2D eigenvalue weighted by Gasteiger charge is 2.38. The number of rotatable bonds is 2. The fraction of sp³-hybridized carbons (Fsp3) is 0.143. The van der Waals surface area contributed by atoms with Crippen LogP contribution in [-0.2, 0) is 0 Å². The van der Waals surface area contributed by atoms with Gasteiger partial charge in [-0.3, -0.25) is 0 Å². The Balaban J connectivity index is 2.03. The first kappa shape index (κ1) is 18.4. The van der Waals surface area contributed by atoms with E-state index in [1.807, 2.05) is 38.1 Å². The summed E-state index contributed by atoms with van der Waals surface area (Å²) in [5.74, 6) is -0.0808. The van der Waals surface area contributed by atoms with Crippen molar-refractivity contribution < 1.29 is 4.74 Å². The minimum Gasteiger partial charge on any atom is -0.422 e. The van der Waals surface area contributed by atoms with E-state index in [-0.39, 0.29) is 11.5 Å². The topological polar surface area (TPSA) is 76.9 Å². The number of halogens is 2. The van der Waals surface area contributed by atoms with E-state index in [2.05, 4.69) is 11.2 Å². The number of nitriles is 1. The van der Waals surface area contributed by atoms with Gasteiger partial charge < -0.3 is 10.5 Å². The van der Waals surface area contributed by atoms with Crippen molar-refractivity contribution in [3.8, 4) is 17.6 Å². The van der Waals surface area contributed by atoms with Gasteiger partial charge in [0.15, 0.2) is 0 Å². The molecule has 0 unspecified atom stereocenters. The van der Waals surface area contributed by atoms with Crippen molar-refractivity contribution in [2.24, 2.45) is 5.73 Å². The van der Waals surface area contributed by atoms with Crippen LogP contribution in [0.15, 0.2) is 53.9 Å². The third-order valence-electron chi connectivity index (χ3n) is 4.86. The molecule has 1 aliphatic heterocycles. The first-order chi connectivity index (χ1) is 13.4. The van der Waals surface area contributed by atoms with E-state index in [4.69, 9.17) is 33.7 Å². The van der Waals surface area contributed by atoms with Crippen LogP contribution in [0.4, 0.5) is 0 Å². The zero-order chi connectivity index (χ0) is 20.0. The molecule has 0 saturated carbocycles. The molecule has 28 heavy (non-hydrogen) atoms. The van der Waals surface area contributed by atoms with Crippen LogP contribution in [0.25, 0.3) is 5.69 Å². The van der Waals surface area contributed by atoms with E-state index >= 15 is 0 Å². The number of aromatic nitrogens is 2. The van der Waals surface area contributed by atoms with E-state index in [0.29, 0.717) is 27.2 Å². The van der Waals surface area contributed by atoms with Crippen LogP contribution in [0.3, 0.4) is 0 Å². The molecule has 0 spiro atoms. The quantitative estimate of drug-likeness (QED) is 0.643. The minimum atomic E-state index is -0.562. The van der Waals surface area contributed by atoms with Crippen LogP contribution >= 0.6 is 23.2 Å². The molecule has 1 atom stereocenters. The van der Waals surface area contributed by atoms with Crippen molar-refractivity contribution in [1.29, 1.82) is 5.26 Å². The second-order valence-corrected chi connectivity index (χ2v) is 7.38. The van der Waals surface area contributed by atoms with E-state index in [1.165, 1.54) is 0 Å². The number of allylic oxidation sites excluding steroid dienone is 1. The monoisotopic (exact) mass is 410 g/mol. The van der Waals surface area contributed by atoms with Gasteiger partial charge in [0.05, 0.1) is 22.9 Å². The summed E-state index contributed by atoms with van der Waals surface area (Å²) in [5.41, 5.74) is 10.3. The fourth-order valence-corrected chi connectivity index (χ4v) is 4.17. The number of benzene rings is 2. The summed E-state index contributed by atoms with van der Waals surface area (Å²) in [6.45, 7) is 3.86. The third-order valence-corrected chi connectivity index (χ3v) is 5.52. The van der Waals surface area contributed by atoms with Gasteiger partial charge in [-0.25, -0.2) is 0 Å². The first-order valence-corrected chi connectivity index (χ1v) is 9.36. The maximum absolute atomic E-state index is 9.78. The molecule has 1 aliphatic rings. The van der Waals surface area contributed by atoms with Gasteiger partial charge in [-0.2, -0.15) is 15.0 Å². The summed E-state index contributed by atoms with van der Waals surface area (Å²) in [5, 5.41) is 15.4. The summed E-state index contributed by atoms with van der Waals surface area (Å²) in [6.07, 6.45) is 0. The molecule has 2 N–H and O–H groups in total. The number of para-hydroxylation sites is 1. The van der Waals surface area contributed by atoms with Crippen LogP contribution < -0.4 is 10.5 Å². The number of nitrogens with zero attached hydrogens (tertiary/aromatic N) is 3.